The molecule has 3 aromatic rings. The second-order valence-electron chi connectivity index (χ2n) is 9.96. The number of aliphatic hydroxyl groups excluding tert-OH is 1. The third kappa shape index (κ3) is 8.34. The number of nitrogens with zero attached hydrogens (tertiary/aromatic N) is 3. The lowest BCUT2D eigenvalue weighted by Crippen LogP contribution is -2.47. The summed E-state index contributed by atoms with van der Waals surface area (Å²) < 4.78 is 6.30. The molecule has 1 unspecified atom stereocenters. The van der Waals surface area contributed by atoms with Crippen molar-refractivity contribution in [3.05, 3.63) is 70.4 Å². The molecule has 0 saturated carbocycles. The molecule has 0 spiro atoms. The van der Waals surface area contributed by atoms with E-state index in [1.54, 1.807) is 32.4 Å². The van der Waals surface area contributed by atoms with Gasteiger partial charge in [0.25, 0.3) is 5.56 Å². The van der Waals surface area contributed by atoms with Gasteiger partial charge in [-0.3, -0.25) is 19.7 Å². The van der Waals surface area contributed by atoms with E-state index in [1.165, 1.54) is 28.7 Å². The molecule has 4 N–H and O–H groups in total. The van der Waals surface area contributed by atoms with E-state index in [0.29, 0.717) is 18.2 Å². The average Bonchev–Trinajstić information content (AvgIpc) is 3.31. The van der Waals surface area contributed by atoms with Crippen LogP contribution in [-0.2, 0) is 27.3 Å². The lowest BCUT2D eigenvalue weighted by molar-refractivity contribution is -0.129. The lowest BCUT2D eigenvalue weighted by atomic mass is 10.0. The summed E-state index contributed by atoms with van der Waals surface area (Å²) in [5.74, 6) is 0.425. The highest BCUT2D eigenvalue weighted by Crippen LogP contribution is 2.20. The molecule has 11 nitrogen and oxygen atoms in total. The van der Waals surface area contributed by atoms with E-state index in [2.05, 4.69) is 35.5 Å². The molecule has 0 bridgehead atoms. The first-order chi connectivity index (χ1) is 18.6. The largest absolute Gasteiger partial charge is 0.356 e. The number of rotatable bonds is 13. The normalized spacial score (nSPS) is 13.2. The Morgan fingerprint density at radius 3 is 2.69 bits per heavy atom. The molecule has 210 valence electrons. The number of aromatic amines is 1. The summed E-state index contributed by atoms with van der Waals surface area (Å²) in [5, 5.41) is 15.2. The maximum atomic E-state index is 13.2. The summed E-state index contributed by atoms with van der Waals surface area (Å²) in [6.07, 6.45) is 4.86. The van der Waals surface area contributed by atoms with Crippen molar-refractivity contribution in [1.29, 1.82) is 0 Å². The Bertz CT molecular complexity index is 1360. The first kappa shape index (κ1) is 29.8. The molecule has 11 heteroatoms. The van der Waals surface area contributed by atoms with Crippen LogP contribution in [0.5, 0.6) is 0 Å². The summed E-state index contributed by atoms with van der Waals surface area (Å²) in [6, 6.07) is 8.33. The number of imidazole rings is 1. The van der Waals surface area contributed by atoms with Gasteiger partial charge in [-0.2, -0.15) is 0 Å². The Morgan fingerprint density at radius 1 is 1.23 bits per heavy atom. The van der Waals surface area contributed by atoms with Gasteiger partial charge in [0.05, 0.1) is 23.6 Å². The summed E-state index contributed by atoms with van der Waals surface area (Å²) in [4.78, 5) is 47.5. The maximum absolute atomic E-state index is 13.2. The van der Waals surface area contributed by atoms with E-state index < -0.39 is 23.9 Å². The summed E-state index contributed by atoms with van der Waals surface area (Å²) >= 11 is 0. The first-order valence-corrected chi connectivity index (χ1v) is 12.9. The average molecular weight is 539 g/mol. The Balaban J connectivity index is 1.75. The number of para-hydroxylation sites is 1. The monoisotopic (exact) mass is 538 g/mol. The van der Waals surface area contributed by atoms with Crippen molar-refractivity contribution in [2.45, 2.75) is 52.1 Å². The number of carbonyl (C=O) groups excluding carboxylic acids is 2. The van der Waals surface area contributed by atoms with Crippen molar-refractivity contribution in [3.8, 4) is 0 Å². The number of hydrogen-bond acceptors (Lipinski definition) is 7. The summed E-state index contributed by atoms with van der Waals surface area (Å²) in [5.41, 5.74) is 2.65. The molecule has 0 saturated heterocycles. The quantitative estimate of drug-likeness (QED) is 0.193. The fraction of sp³-hybridized carbons (Fsp3) is 0.429. The molecular formula is C28H38N6O5. The summed E-state index contributed by atoms with van der Waals surface area (Å²) in [6.45, 7) is 4.52. The zero-order chi connectivity index (χ0) is 28.5. The number of H-pyrrole nitrogens is 1. The topological polar surface area (TPSA) is 142 Å². The molecule has 2 amide bonds. The van der Waals surface area contributed by atoms with Gasteiger partial charge in [-0.1, -0.05) is 32.1 Å². The van der Waals surface area contributed by atoms with Gasteiger partial charge in [0, 0.05) is 27.4 Å². The highest BCUT2D eigenvalue weighted by atomic mass is 16.6. The molecule has 2 aromatic heterocycles. The number of hydrogen-bond donors (Lipinski definition) is 4. The number of pyridine rings is 1. The van der Waals surface area contributed by atoms with Gasteiger partial charge < -0.3 is 29.6 Å². The van der Waals surface area contributed by atoms with Crippen molar-refractivity contribution in [2.75, 3.05) is 26.5 Å². The third-order valence-electron chi connectivity index (χ3n) is 6.08. The zero-order valence-corrected chi connectivity index (χ0v) is 23.1. The summed E-state index contributed by atoms with van der Waals surface area (Å²) in [7, 11) is 4.58. The van der Waals surface area contributed by atoms with Gasteiger partial charge in [0.15, 0.2) is 0 Å². The van der Waals surface area contributed by atoms with Gasteiger partial charge in [0.1, 0.15) is 11.5 Å². The molecule has 0 radical (unpaired) electrons. The molecule has 2 atom stereocenters. The Labute approximate surface area is 227 Å². The minimum Gasteiger partial charge on any atom is -0.356 e. The van der Waals surface area contributed by atoms with Crippen LogP contribution in [0.15, 0.2) is 53.5 Å². The highest BCUT2D eigenvalue weighted by Gasteiger charge is 2.22. The van der Waals surface area contributed by atoms with Crippen LogP contribution >= 0.6 is 0 Å². The van der Waals surface area contributed by atoms with E-state index in [-0.39, 0.29) is 24.6 Å². The van der Waals surface area contributed by atoms with Gasteiger partial charge in [-0.15, -0.1) is 0 Å². The minimum absolute atomic E-state index is 0.0937. The fourth-order valence-corrected chi connectivity index (χ4v) is 4.09. The van der Waals surface area contributed by atoms with Crippen LogP contribution in [0.2, 0.25) is 0 Å². The lowest BCUT2D eigenvalue weighted by Gasteiger charge is -2.20. The number of methoxy groups -OCH3 is 1. The zero-order valence-electron chi connectivity index (χ0n) is 23.1. The third-order valence-corrected chi connectivity index (χ3v) is 6.08. The Hall–Kier alpha value is -3.80. The SMILES string of the molecule is COC(O)N[C@@H](CC/C=C/C(=O)N(C)C)C(=O)Nc1cccn(Cc2nc3c(CC(C)C)cccc3[nH]2)c1=O. The number of fused-ring (bicyclic) bond motifs is 1. The number of anilines is 1. The van der Waals surface area contributed by atoms with Crippen LogP contribution < -0.4 is 16.2 Å². The maximum Gasteiger partial charge on any atom is 0.274 e. The molecule has 0 aliphatic carbocycles. The van der Waals surface area contributed by atoms with Crippen molar-refractivity contribution in [1.82, 2.24) is 24.8 Å². The van der Waals surface area contributed by atoms with Crippen LogP contribution in [0, 0.1) is 5.92 Å². The highest BCUT2D eigenvalue weighted by molar-refractivity contribution is 5.94. The van der Waals surface area contributed by atoms with Crippen molar-refractivity contribution >= 4 is 28.5 Å². The van der Waals surface area contributed by atoms with Crippen LogP contribution in [0.3, 0.4) is 0 Å². The predicted octanol–water partition coefficient (Wildman–Crippen LogP) is 2.21. The van der Waals surface area contributed by atoms with E-state index >= 15 is 0 Å². The molecule has 3 rings (SSSR count). The molecular weight excluding hydrogens is 500 g/mol. The molecule has 1 aromatic carbocycles. The molecule has 39 heavy (non-hydrogen) atoms. The van der Waals surface area contributed by atoms with Gasteiger partial charge >= 0.3 is 0 Å². The van der Waals surface area contributed by atoms with E-state index in [1.807, 2.05) is 12.1 Å². The van der Waals surface area contributed by atoms with Crippen LogP contribution in [-0.4, -0.2) is 70.0 Å². The van der Waals surface area contributed by atoms with Gasteiger partial charge in [0.2, 0.25) is 18.2 Å². The van der Waals surface area contributed by atoms with Crippen molar-refractivity contribution in [3.63, 3.8) is 0 Å². The van der Waals surface area contributed by atoms with Gasteiger partial charge in [-0.25, -0.2) is 4.98 Å². The number of likely N-dealkylation sites (N-methyl/N-ethyl adjacent to an activating group) is 1. The molecule has 0 fully saturated rings. The molecule has 0 aliphatic rings. The minimum atomic E-state index is -1.38. The second-order valence-corrected chi connectivity index (χ2v) is 9.96. The standard InChI is InChI=1S/C28H38N6O5/c1-18(2)16-19-10-8-12-20-25(19)32-23(29-20)17-34-15-9-13-22(27(34)37)30-26(36)21(31-28(38)39-5)11-6-7-14-24(35)33(3)4/h7-10,12-15,18,21,28,31,38H,6,11,16-17H2,1-5H3,(H,29,32)(H,30,36)/b14-7+/t21-,28?/m0/s1. The Kier molecular flexibility index (Phi) is 10.6. The van der Waals surface area contributed by atoms with Crippen LogP contribution in [0.4, 0.5) is 5.69 Å². The number of carbonyl (C=O) groups is 2. The number of allylic oxidation sites excluding steroid dienone is 1. The number of aromatic nitrogens is 3. The molecule has 0 aliphatic heterocycles. The van der Waals surface area contributed by atoms with E-state index in [0.717, 1.165) is 23.0 Å². The smallest absolute Gasteiger partial charge is 0.274 e. The van der Waals surface area contributed by atoms with Gasteiger partial charge in [-0.05, 0) is 55.0 Å². The number of aliphatic hydroxyl groups is 1. The number of benzene rings is 1. The van der Waals surface area contributed by atoms with E-state index in [9.17, 15) is 19.5 Å². The number of amides is 2. The molecule has 2 heterocycles. The van der Waals surface area contributed by atoms with Crippen LogP contribution in [0.1, 0.15) is 38.1 Å². The van der Waals surface area contributed by atoms with Crippen LogP contribution in [0.25, 0.3) is 11.0 Å². The second kappa shape index (κ2) is 13.8. The van der Waals surface area contributed by atoms with Crippen molar-refractivity contribution in [2.24, 2.45) is 5.92 Å². The Morgan fingerprint density at radius 2 is 2.00 bits per heavy atom. The number of nitrogens with one attached hydrogen (secondary N) is 3. The fourth-order valence-electron chi connectivity index (χ4n) is 4.09. The van der Waals surface area contributed by atoms with Crippen molar-refractivity contribution < 1.29 is 19.4 Å². The van der Waals surface area contributed by atoms with E-state index in [4.69, 9.17) is 9.72 Å². The predicted molar refractivity (Wildman–Crippen MR) is 150 cm³/mol. The first-order valence-electron chi connectivity index (χ1n) is 12.9. The number of ether oxygens (including phenoxy) is 1.